The maximum Gasteiger partial charge on any atom is 0.337 e. The monoisotopic (exact) mass is 484 g/mol. The van der Waals surface area contributed by atoms with E-state index in [4.69, 9.17) is 27.2 Å². The summed E-state index contributed by atoms with van der Waals surface area (Å²) in [6, 6.07) is 0. The second kappa shape index (κ2) is 9.52. The van der Waals surface area contributed by atoms with E-state index in [0.29, 0.717) is 0 Å². The maximum absolute atomic E-state index is 13.0. The highest BCUT2D eigenvalue weighted by Crippen LogP contribution is 2.43. The van der Waals surface area contributed by atoms with Gasteiger partial charge in [0.25, 0.3) is 0 Å². The fourth-order valence-electron chi connectivity index (χ4n) is 2.11. The fourth-order valence-corrected chi connectivity index (χ4v) is 4.07. The van der Waals surface area contributed by atoms with Gasteiger partial charge in [-0.2, -0.15) is 0 Å². The van der Waals surface area contributed by atoms with Gasteiger partial charge in [-0.1, -0.05) is 41.5 Å². The largest absolute Gasteiger partial charge is 0.467 e. The second-order valence-electron chi connectivity index (χ2n) is 11.2. The molecule has 1 fully saturated rings. The highest BCUT2D eigenvalue weighted by atomic mass is 28.4. The van der Waals surface area contributed by atoms with Crippen molar-refractivity contribution in [3.8, 4) is 0 Å². The maximum atomic E-state index is 13.0. The van der Waals surface area contributed by atoms with Crippen LogP contribution >= 0.6 is 0 Å². The van der Waals surface area contributed by atoms with E-state index in [1.165, 1.54) is 13.8 Å². The average Bonchev–Trinajstić information content (AvgIpc) is 2.82. The van der Waals surface area contributed by atoms with Gasteiger partial charge in [0.05, 0.1) is 28.0 Å². The van der Waals surface area contributed by atoms with Crippen LogP contribution < -0.4 is 0 Å². The van der Waals surface area contributed by atoms with Crippen molar-refractivity contribution >= 4 is 22.6 Å². The number of hydrogen-bond donors (Lipinski definition) is 1. The molecule has 0 saturated carbocycles. The van der Waals surface area contributed by atoms with Gasteiger partial charge in [0.1, 0.15) is 12.2 Å². The molecule has 0 amide bonds. The summed E-state index contributed by atoms with van der Waals surface area (Å²) in [5.74, 6) is -3.25. The first-order chi connectivity index (χ1) is 15.8. The van der Waals surface area contributed by atoms with Crippen molar-refractivity contribution in [2.75, 3.05) is 13.7 Å². The van der Waals surface area contributed by atoms with Crippen LogP contribution in [0, 0.1) is 0 Å². The summed E-state index contributed by atoms with van der Waals surface area (Å²) < 4.78 is 82.4. The lowest BCUT2D eigenvalue weighted by molar-refractivity contribution is -0.170. The van der Waals surface area contributed by atoms with Crippen molar-refractivity contribution in [1.29, 1.82) is 0 Å². The minimum Gasteiger partial charge on any atom is -0.467 e. The number of esters is 1. The minimum atomic E-state index is -3.63. The molecule has 0 aromatic heterocycles. The van der Waals surface area contributed by atoms with Crippen molar-refractivity contribution in [1.82, 2.24) is 0 Å². The molecule has 0 aliphatic carbocycles. The summed E-state index contributed by atoms with van der Waals surface area (Å²) in [6.45, 7) is 16.6. The Morgan fingerprint density at radius 3 is 1.94 bits per heavy atom. The SMILES string of the molecule is [2H]C([2H])(O)[C@@]([2H])(O[Si](C)(C)C(C)(C)C)[C@@]([2H])(O[Si](C)(C)C(C)(C)C)[C@@]1([2H])OC(C)(C)O[C@@]1([2H])C(=O)OC. The van der Waals surface area contributed by atoms with E-state index in [9.17, 15) is 14.0 Å². The molecule has 9 heteroatoms. The van der Waals surface area contributed by atoms with Gasteiger partial charge >= 0.3 is 5.97 Å². The van der Waals surface area contributed by atoms with Crippen LogP contribution in [0.25, 0.3) is 0 Å². The summed E-state index contributed by atoms with van der Waals surface area (Å²) in [5, 5.41) is 9.59. The van der Waals surface area contributed by atoms with E-state index in [0.717, 1.165) is 7.11 Å². The van der Waals surface area contributed by atoms with E-state index in [1.54, 1.807) is 26.2 Å². The third-order valence-electron chi connectivity index (χ3n) is 6.11. The number of aliphatic hydroxyl groups is 1. The average molecular weight is 485 g/mol. The van der Waals surface area contributed by atoms with E-state index >= 15 is 0 Å². The number of carbonyl (C=O) groups excluding carboxylic acids is 1. The molecule has 4 atom stereocenters. The molecule has 0 aromatic rings. The molecular formula is C22H46O7Si2. The van der Waals surface area contributed by atoms with Crippen LogP contribution in [0.3, 0.4) is 0 Å². The smallest absolute Gasteiger partial charge is 0.337 e. The molecule has 184 valence electrons. The van der Waals surface area contributed by atoms with Crippen LogP contribution in [0.15, 0.2) is 0 Å². The number of rotatable bonds is 8. The van der Waals surface area contributed by atoms with E-state index in [1.807, 2.05) is 41.5 Å². The summed E-state index contributed by atoms with van der Waals surface area (Å²) in [5.41, 5.74) is 0. The number of methoxy groups -OCH3 is 1. The molecule has 0 bridgehead atoms. The molecule has 1 aliphatic heterocycles. The predicted octanol–water partition coefficient (Wildman–Crippen LogP) is 4.45. The fraction of sp³-hybridized carbons (Fsp3) is 0.955. The quantitative estimate of drug-likeness (QED) is 0.402. The topological polar surface area (TPSA) is 83.5 Å². The van der Waals surface area contributed by atoms with Crippen molar-refractivity contribution in [2.45, 2.75) is 122 Å². The molecule has 0 aromatic carbocycles. The van der Waals surface area contributed by atoms with Gasteiger partial charge < -0.3 is 28.2 Å². The third kappa shape index (κ3) is 6.85. The normalized spacial score (nSPS) is 34.8. The molecule has 1 rings (SSSR count). The zero-order valence-electron chi connectivity index (χ0n) is 27.4. The first-order valence-electron chi connectivity index (χ1n) is 13.4. The van der Waals surface area contributed by atoms with Gasteiger partial charge in [0.2, 0.25) is 0 Å². The number of hydrogen-bond acceptors (Lipinski definition) is 7. The van der Waals surface area contributed by atoms with Gasteiger partial charge in [-0.15, -0.1) is 0 Å². The third-order valence-corrected chi connectivity index (χ3v) is 14.8. The summed E-state index contributed by atoms with van der Waals surface area (Å²) >= 11 is 0. The Bertz CT molecular complexity index is 886. The first-order valence-corrected chi connectivity index (χ1v) is 16.2. The molecule has 0 unspecified atom stereocenters. The van der Waals surface area contributed by atoms with Crippen LogP contribution in [-0.4, -0.2) is 71.5 Å². The molecule has 1 N–H and O–H groups in total. The molecule has 7 nitrogen and oxygen atoms in total. The summed E-state index contributed by atoms with van der Waals surface area (Å²) in [4.78, 5) is 13.0. The van der Waals surface area contributed by atoms with Gasteiger partial charge in [0.15, 0.2) is 28.5 Å². The van der Waals surface area contributed by atoms with Crippen molar-refractivity contribution < 1.29 is 41.2 Å². The lowest BCUT2D eigenvalue weighted by Crippen LogP contribution is -2.58. The predicted molar refractivity (Wildman–Crippen MR) is 127 cm³/mol. The Kier molecular flexibility index (Phi) is 6.18. The molecule has 0 radical (unpaired) electrons. The molecule has 31 heavy (non-hydrogen) atoms. The standard InChI is InChI=1S/C22H46O7Si2/c1-20(2,3)30(10,11)28-15(14-23)16(29-31(12,13)21(4,5)6)17-18(19(24)25-9)27-22(7,8)26-17/h15-18,23H,14H2,1-13H3/t15-,16-,17-,18-/m1/s1/i14D2,15D,16D,17D,18D. The van der Waals surface area contributed by atoms with Gasteiger partial charge in [-0.25, -0.2) is 4.79 Å². The molecule has 1 heterocycles. The molecule has 0 spiro atoms. The Morgan fingerprint density at radius 2 is 1.55 bits per heavy atom. The molecular weight excluding hydrogens is 432 g/mol. The Hall–Kier alpha value is -0.296. The van der Waals surface area contributed by atoms with E-state index < -0.39 is 69.3 Å². The van der Waals surface area contributed by atoms with Gasteiger partial charge in [-0.3, -0.25) is 0 Å². The lowest BCUT2D eigenvalue weighted by Gasteiger charge is -2.46. The summed E-state index contributed by atoms with van der Waals surface area (Å²) in [6.07, 6.45) is -13.2. The van der Waals surface area contributed by atoms with Crippen molar-refractivity contribution in [3.05, 3.63) is 0 Å². The Morgan fingerprint density at radius 1 is 1.10 bits per heavy atom. The lowest BCUT2D eigenvalue weighted by atomic mass is 10.0. The Balaban J connectivity index is 4.28. The number of ether oxygens (including phenoxy) is 3. The first kappa shape index (κ1) is 20.1. The van der Waals surface area contributed by atoms with Crippen LogP contribution in [-0.2, 0) is 27.9 Å². The molecule has 1 aliphatic rings. The summed E-state index contributed by atoms with van der Waals surface area (Å²) in [7, 11) is -5.51. The van der Waals surface area contributed by atoms with Crippen molar-refractivity contribution in [2.24, 2.45) is 0 Å². The number of carbonyl (C=O) groups is 1. The van der Waals surface area contributed by atoms with Crippen LogP contribution in [0.2, 0.25) is 36.3 Å². The minimum absolute atomic E-state index is 0.635. The zero-order chi connectivity index (χ0) is 30.1. The van der Waals surface area contributed by atoms with E-state index in [2.05, 4.69) is 0 Å². The van der Waals surface area contributed by atoms with E-state index in [-0.39, 0.29) is 0 Å². The zero-order valence-corrected chi connectivity index (χ0v) is 23.4. The second-order valence-corrected chi connectivity index (χ2v) is 20.7. The van der Waals surface area contributed by atoms with Gasteiger partial charge in [0, 0.05) is 0 Å². The Labute approximate surface area is 199 Å². The van der Waals surface area contributed by atoms with Crippen LogP contribution in [0.5, 0.6) is 0 Å². The van der Waals surface area contributed by atoms with Gasteiger partial charge in [-0.05, 0) is 50.1 Å². The van der Waals surface area contributed by atoms with Crippen LogP contribution in [0.4, 0.5) is 0 Å². The highest BCUT2D eigenvalue weighted by molar-refractivity contribution is 6.74. The highest BCUT2D eigenvalue weighted by Gasteiger charge is 2.55. The van der Waals surface area contributed by atoms with Crippen LogP contribution in [0.1, 0.15) is 63.6 Å². The molecule has 1 saturated heterocycles. The van der Waals surface area contributed by atoms with Crippen molar-refractivity contribution in [3.63, 3.8) is 0 Å².